The molecule has 3 heteroatoms. The van der Waals surface area contributed by atoms with Crippen molar-refractivity contribution in [3.63, 3.8) is 0 Å². The lowest BCUT2D eigenvalue weighted by Gasteiger charge is -2.37. The SMILES string of the molecule is CCC(=CCOC1CC(C)CCC1C(C)C)C(=O)O. The Bertz CT molecular complexity index is 320. The summed E-state index contributed by atoms with van der Waals surface area (Å²) in [5.41, 5.74) is 0.449. The average molecular weight is 268 g/mol. The van der Waals surface area contributed by atoms with E-state index in [2.05, 4.69) is 20.8 Å². The molecule has 0 heterocycles. The van der Waals surface area contributed by atoms with Crippen molar-refractivity contribution < 1.29 is 14.6 Å². The molecule has 1 aliphatic rings. The first kappa shape index (κ1) is 16.2. The molecule has 1 aliphatic carbocycles. The van der Waals surface area contributed by atoms with Gasteiger partial charge in [0.05, 0.1) is 12.7 Å². The summed E-state index contributed by atoms with van der Waals surface area (Å²) in [6, 6.07) is 0. The molecule has 3 atom stereocenters. The zero-order valence-electron chi connectivity index (χ0n) is 12.7. The number of carbonyl (C=O) groups is 1. The van der Waals surface area contributed by atoms with E-state index in [1.807, 2.05) is 6.92 Å². The molecule has 110 valence electrons. The largest absolute Gasteiger partial charge is 0.478 e. The molecular weight excluding hydrogens is 240 g/mol. The molecule has 0 saturated heterocycles. The van der Waals surface area contributed by atoms with Crippen molar-refractivity contribution in [2.75, 3.05) is 6.61 Å². The van der Waals surface area contributed by atoms with Crippen molar-refractivity contribution in [3.05, 3.63) is 11.6 Å². The molecule has 0 aromatic rings. The fourth-order valence-corrected chi connectivity index (χ4v) is 2.96. The summed E-state index contributed by atoms with van der Waals surface area (Å²) in [5.74, 6) is 1.13. The predicted molar refractivity (Wildman–Crippen MR) is 77.1 cm³/mol. The van der Waals surface area contributed by atoms with Crippen LogP contribution >= 0.6 is 0 Å². The van der Waals surface area contributed by atoms with Gasteiger partial charge in [-0.05, 0) is 43.1 Å². The van der Waals surface area contributed by atoms with Gasteiger partial charge in [0, 0.05) is 5.57 Å². The zero-order valence-corrected chi connectivity index (χ0v) is 12.7. The van der Waals surface area contributed by atoms with Gasteiger partial charge >= 0.3 is 5.97 Å². The van der Waals surface area contributed by atoms with Gasteiger partial charge in [0.25, 0.3) is 0 Å². The summed E-state index contributed by atoms with van der Waals surface area (Å²) in [6.07, 6.45) is 6.17. The highest BCUT2D eigenvalue weighted by molar-refractivity contribution is 5.86. The van der Waals surface area contributed by atoms with E-state index in [0.717, 1.165) is 6.42 Å². The quantitative estimate of drug-likeness (QED) is 0.743. The van der Waals surface area contributed by atoms with E-state index in [9.17, 15) is 4.79 Å². The molecule has 3 unspecified atom stereocenters. The maximum Gasteiger partial charge on any atom is 0.331 e. The first-order valence-corrected chi connectivity index (χ1v) is 7.49. The molecule has 0 amide bonds. The number of hydrogen-bond donors (Lipinski definition) is 1. The van der Waals surface area contributed by atoms with Crippen LogP contribution in [0.15, 0.2) is 11.6 Å². The van der Waals surface area contributed by atoms with Crippen LogP contribution in [-0.4, -0.2) is 23.8 Å². The van der Waals surface area contributed by atoms with Crippen molar-refractivity contribution in [3.8, 4) is 0 Å². The molecule has 0 aromatic carbocycles. The zero-order chi connectivity index (χ0) is 14.4. The number of carboxylic acid groups (broad SMARTS) is 1. The Kier molecular flexibility index (Phi) is 6.56. The standard InChI is InChI=1S/C16H28O3/c1-5-13(16(17)18)8-9-19-15-10-12(4)6-7-14(15)11(2)3/h8,11-12,14-15H,5-7,9-10H2,1-4H3,(H,17,18). The van der Waals surface area contributed by atoms with Crippen molar-refractivity contribution in [1.29, 1.82) is 0 Å². The van der Waals surface area contributed by atoms with Crippen LogP contribution in [0.3, 0.4) is 0 Å². The number of ether oxygens (including phenoxy) is 1. The lowest BCUT2D eigenvalue weighted by atomic mass is 9.75. The van der Waals surface area contributed by atoms with Crippen LogP contribution in [-0.2, 0) is 9.53 Å². The molecule has 19 heavy (non-hydrogen) atoms. The van der Waals surface area contributed by atoms with Crippen LogP contribution < -0.4 is 0 Å². The summed E-state index contributed by atoms with van der Waals surface area (Å²) >= 11 is 0. The van der Waals surface area contributed by atoms with Crippen LogP contribution in [0.25, 0.3) is 0 Å². The molecule has 1 rings (SSSR count). The van der Waals surface area contributed by atoms with Gasteiger partial charge in [0.15, 0.2) is 0 Å². The minimum atomic E-state index is -0.830. The summed E-state index contributed by atoms with van der Waals surface area (Å²) in [4.78, 5) is 10.9. The molecular formula is C16H28O3. The Labute approximate surface area is 117 Å². The van der Waals surface area contributed by atoms with Gasteiger partial charge in [-0.1, -0.05) is 34.1 Å². The number of aliphatic carboxylic acids is 1. The number of hydrogen-bond acceptors (Lipinski definition) is 2. The van der Waals surface area contributed by atoms with Crippen LogP contribution in [0.1, 0.15) is 53.4 Å². The average Bonchev–Trinajstić information content (AvgIpc) is 2.33. The minimum absolute atomic E-state index is 0.284. The van der Waals surface area contributed by atoms with Gasteiger partial charge in [-0.3, -0.25) is 0 Å². The highest BCUT2D eigenvalue weighted by Crippen LogP contribution is 2.35. The molecule has 0 spiro atoms. The Morgan fingerprint density at radius 3 is 2.63 bits per heavy atom. The third kappa shape index (κ3) is 4.98. The molecule has 3 nitrogen and oxygen atoms in total. The molecule has 1 N–H and O–H groups in total. The lowest BCUT2D eigenvalue weighted by molar-refractivity contribution is -0.132. The smallest absolute Gasteiger partial charge is 0.331 e. The van der Waals surface area contributed by atoms with Crippen molar-refractivity contribution >= 4 is 5.97 Å². The summed E-state index contributed by atoms with van der Waals surface area (Å²) in [5, 5.41) is 8.97. The fourth-order valence-electron chi connectivity index (χ4n) is 2.96. The molecule has 1 saturated carbocycles. The Morgan fingerprint density at radius 1 is 1.42 bits per heavy atom. The summed E-state index contributed by atoms with van der Waals surface area (Å²) < 4.78 is 5.97. The topological polar surface area (TPSA) is 46.5 Å². The summed E-state index contributed by atoms with van der Waals surface area (Å²) in [6.45, 7) is 9.07. The van der Waals surface area contributed by atoms with E-state index in [1.165, 1.54) is 12.8 Å². The maximum atomic E-state index is 10.9. The Hall–Kier alpha value is -0.830. The minimum Gasteiger partial charge on any atom is -0.478 e. The van der Waals surface area contributed by atoms with Gasteiger partial charge < -0.3 is 9.84 Å². The molecule has 0 bridgehead atoms. The van der Waals surface area contributed by atoms with Gasteiger partial charge in [0.1, 0.15) is 0 Å². The van der Waals surface area contributed by atoms with E-state index in [-0.39, 0.29) is 6.10 Å². The van der Waals surface area contributed by atoms with Crippen LogP contribution in [0.2, 0.25) is 0 Å². The van der Waals surface area contributed by atoms with Gasteiger partial charge in [-0.15, -0.1) is 0 Å². The third-order valence-corrected chi connectivity index (χ3v) is 4.26. The van der Waals surface area contributed by atoms with Crippen molar-refractivity contribution in [2.24, 2.45) is 17.8 Å². The molecule has 1 fully saturated rings. The van der Waals surface area contributed by atoms with E-state index in [4.69, 9.17) is 9.84 Å². The van der Waals surface area contributed by atoms with Gasteiger partial charge in [-0.2, -0.15) is 0 Å². The van der Waals surface area contributed by atoms with E-state index in [1.54, 1.807) is 6.08 Å². The van der Waals surface area contributed by atoms with E-state index < -0.39 is 5.97 Å². The number of carboxylic acids is 1. The van der Waals surface area contributed by atoms with Crippen LogP contribution in [0.5, 0.6) is 0 Å². The Morgan fingerprint density at radius 2 is 2.11 bits per heavy atom. The van der Waals surface area contributed by atoms with Crippen molar-refractivity contribution in [2.45, 2.75) is 59.5 Å². The first-order valence-electron chi connectivity index (χ1n) is 7.49. The number of rotatable bonds is 6. The molecule has 0 aromatic heterocycles. The lowest BCUT2D eigenvalue weighted by Crippen LogP contribution is -2.34. The third-order valence-electron chi connectivity index (χ3n) is 4.26. The van der Waals surface area contributed by atoms with E-state index >= 15 is 0 Å². The van der Waals surface area contributed by atoms with Gasteiger partial charge in [-0.25, -0.2) is 4.79 Å². The normalized spacial score (nSPS) is 28.7. The van der Waals surface area contributed by atoms with Crippen LogP contribution in [0.4, 0.5) is 0 Å². The second-order valence-corrected chi connectivity index (χ2v) is 6.09. The Balaban J connectivity index is 2.55. The fraction of sp³-hybridized carbons (Fsp3) is 0.812. The summed E-state index contributed by atoms with van der Waals surface area (Å²) in [7, 11) is 0. The molecule has 0 radical (unpaired) electrons. The second kappa shape index (κ2) is 7.68. The highest BCUT2D eigenvalue weighted by Gasteiger charge is 2.31. The molecule has 0 aliphatic heterocycles. The van der Waals surface area contributed by atoms with Crippen LogP contribution in [0, 0.1) is 17.8 Å². The maximum absolute atomic E-state index is 10.9. The van der Waals surface area contributed by atoms with Crippen molar-refractivity contribution in [1.82, 2.24) is 0 Å². The monoisotopic (exact) mass is 268 g/mol. The van der Waals surface area contributed by atoms with Gasteiger partial charge in [0.2, 0.25) is 0 Å². The van der Waals surface area contributed by atoms with E-state index in [0.29, 0.717) is 36.4 Å². The predicted octanol–water partition coefficient (Wildman–Crippen LogP) is 3.88. The highest BCUT2D eigenvalue weighted by atomic mass is 16.5. The second-order valence-electron chi connectivity index (χ2n) is 6.09. The first-order chi connectivity index (χ1) is 8.95.